The summed E-state index contributed by atoms with van der Waals surface area (Å²) >= 11 is 0. The van der Waals surface area contributed by atoms with Crippen LogP contribution in [0.3, 0.4) is 0 Å². The number of hydrogen-bond acceptors (Lipinski definition) is 5. The zero-order valence-corrected chi connectivity index (χ0v) is 18.4. The van der Waals surface area contributed by atoms with Gasteiger partial charge in [-0.1, -0.05) is 81.9 Å². The van der Waals surface area contributed by atoms with Crippen LogP contribution in [0.2, 0.25) is 0 Å². The molecule has 0 radical (unpaired) electrons. The van der Waals surface area contributed by atoms with Crippen LogP contribution >= 0.6 is 0 Å². The van der Waals surface area contributed by atoms with Gasteiger partial charge >= 0.3 is 0 Å². The predicted molar refractivity (Wildman–Crippen MR) is 133 cm³/mol. The number of hydrogen-bond donors (Lipinski definition) is 2. The van der Waals surface area contributed by atoms with Crippen LogP contribution in [0.25, 0.3) is 0 Å². The molecule has 1 aliphatic heterocycles. The summed E-state index contributed by atoms with van der Waals surface area (Å²) in [5.41, 5.74) is -2.05. The van der Waals surface area contributed by atoms with E-state index < -0.39 is 62.2 Å². The Morgan fingerprint density at radius 2 is 1.65 bits per heavy atom. The van der Waals surface area contributed by atoms with Crippen LogP contribution in [0.1, 0.15) is 76.3 Å². The Kier molecular flexibility index (Phi) is 5.69. The Balaban J connectivity index is 0.000000450. The fourth-order valence-electron chi connectivity index (χ4n) is 2.56. The first-order valence-electron chi connectivity index (χ1n) is 16.1. The van der Waals surface area contributed by atoms with Gasteiger partial charge in [0.1, 0.15) is 6.61 Å². The summed E-state index contributed by atoms with van der Waals surface area (Å²) in [5, 5.41) is 10.7. The molecule has 7 heteroatoms. The number of carbonyl (C=O) groups excluding carboxylic acids is 2. The number of amides is 2. The molecule has 0 unspecified atom stereocenters. The van der Waals surface area contributed by atoms with Crippen molar-refractivity contribution in [2.24, 2.45) is 11.8 Å². The van der Waals surface area contributed by atoms with Crippen molar-refractivity contribution in [3.8, 4) is 0 Å². The lowest BCUT2D eigenvalue weighted by atomic mass is 9.80. The molecular formula is C27H40N2O5. The lowest BCUT2D eigenvalue weighted by Gasteiger charge is -2.50. The van der Waals surface area contributed by atoms with Crippen molar-refractivity contribution in [3.63, 3.8) is 0 Å². The van der Waals surface area contributed by atoms with E-state index in [0.29, 0.717) is 10.6 Å². The Labute approximate surface area is 220 Å². The average molecular weight is 485 g/mol. The Morgan fingerprint density at radius 1 is 1.12 bits per heavy atom. The summed E-state index contributed by atoms with van der Waals surface area (Å²) in [5.74, 6) is -4.57. The summed E-state index contributed by atoms with van der Waals surface area (Å²) in [6.45, 7) is -10.0. The normalized spacial score (nSPS) is 24.1. The van der Waals surface area contributed by atoms with Gasteiger partial charge in [-0.2, -0.15) is 0 Å². The lowest BCUT2D eigenvalue weighted by molar-refractivity contribution is -0.270. The van der Waals surface area contributed by atoms with Crippen LogP contribution in [-0.2, 0) is 32.5 Å². The second-order valence-electron chi connectivity index (χ2n) is 7.61. The van der Waals surface area contributed by atoms with Gasteiger partial charge in [0.2, 0.25) is 5.91 Å². The third kappa shape index (κ3) is 7.94. The Hall–Kier alpha value is -2.74. The maximum absolute atomic E-state index is 12.0. The van der Waals surface area contributed by atoms with E-state index in [0.717, 1.165) is 12.5 Å². The van der Waals surface area contributed by atoms with Crippen molar-refractivity contribution in [2.45, 2.75) is 73.0 Å². The predicted octanol–water partition coefficient (Wildman–Crippen LogP) is 4.65. The number of hydroxylamine groups is 3. The van der Waals surface area contributed by atoms with E-state index in [1.165, 1.54) is 6.92 Å². The van der Waals surface area contributed by atoms with Crippen LogP contribution in [0.4, 0.5) is 0 Å². The number of aliphatic hydroxyl groups is 1. The van der Waals surface area contributed by atoms with E-state index in [1.54, 1.807) is 60.7 Å². The molecule has 2 aromatic rings. The molecule has 0 saturated carbocycles. The highest BCUT2D eigenvalue weighted by molar-refractivity contribution is 5.86. The number of nitrogens with zero attached hydrogens (tertiary/aromatic N) is 1. The zero-order valence-electron chi connectivity index (χ0n) is 30.4. The molecule has 0 bridgehead atoms. The van der Waals surface area contributed by atoms with E-state index in [1.807, 2.05) is 5.48 Å². The second-order valence-corrected chi connectivity index (χ2v) is 7.61. The van der Waals surface area contributed by atoms with Crippen molar-refractivity contribution in [3.05, 3.63) is 71.8 Å². The highest BCUT2D eigenvalue weighted by atomic mass is 16.7. The maximum atomic E-state index is 12.0. The molecule has 0 spiro atoms. The average Bonchev–Trinajstić information content (AvgIpc) is 2.92. The molecular weight excluding hydrogens is 432 g/mol. The van der Waals surface area contributed by atoms with Crippen LogP contribution < -0.4 is 5.48 Å². The second kappa shape index (κ2) is 12.6. The van der Waals surface area contributed by atoms with Gasteiger partial charge < -0.3 is 5.11 Å². The molecule has 188 valence electrons. The van der Waals surface area contributed by atoms with Gasteiger partial charge in [0.15, 0.2) is 0 Å². The first-order valence-corrected chi connectivity index (χ1v) is 10.1. The third-order valence-corrected chi connectivity index (χ3v) is 5.00. The smallest absolute Gasteiger partial charge is 0.251 e. The molecule has 2 atom stereocenters. The topological polar surface area (TPSA) is 88.1 Å². The minimum absolute atomic E-state index is 0. The van der Waals surface area contributed by atoms with Gasteiger partial charge in [-0.3, -0.25) is 19.3 Å². The molecule has 2 N–H and O–H groups in total. The van der Waals surface area contributed by atoms with Gasteiger partial charge in [-0.25, -0.2) is 10.5 Å². The molecule has 0 aromatic heterocycles. The van der Waals surface area contributed by atoms with E-state index in [-0.39, 0.29) is 20.6 Å². The summed E-state index contributed by atoms with van der Waals surface area (Å²) in [6.07, 6.45) is 0. The fraction of sp³-hybridized carbons (Fsp3) is 0.481. The van der Waals surface area contributed by atoms with Gasteiger partial charge in [-0.05, 0) is 38.5 Å². The number of β-lactam (4-membered cyclic amide) rings is 1. The molecule has 1 heterocycles. The third-order valence-electron chi connectivity index (χ3n) is 5.00. The van der Waals surface area contributed by atoms with Crippen LogP contribution in [-0.4, -0.2) is 33.1 Å². The van der Waals surface area contributed by atoms with Crippen molar-refractivity contribution in [2.75, 3.05) is 0 Å². The van der Waals surface area contributed by atoms with Crippen molar-refractivity contribution in [1.29, 1.82) is 0 Å². The van der Waals surface area contributed by atoms with Crippen LogP contribution in [0.15, 0.2) is 60.7 Å². The minimum Gasteiger partial charge on any atom is -0.390 e. The van der Waals surface area contributed by atoms with E-state index in [4.69, 9.17) is 26.1 Å². The Morgan fingerprint density at radius 3 is 2.15 bits per heavy atom. The first kappa shape index (κ1) is 15.3. The number of nitrogens with one attached hydrogen (secondary N) is 1. The van der Waals surface area contributed by atoms with Gasteiger partial charge in [-0.15, -0.1) is 0 Å². The van der Waals surface area contributed by atoms with E-state index in [2.05, 4.69) is 0 Å². The highest BCUT2D eigenvalue weighted by Gasteiger charge is 2.52. The van der Waals surface area contributed by atoms with Gasteiger partial charge in [0, 0.05) is 16.4 Å². The van der Waals surface area contributed by atoms with E-state index in [9.17, 15) is 14.7 Å². The fourth-order valence-corrected chi connectivity index (χ4v) is 2.56. The monoisotopic (exact) mass is 484 g/mol. The lowest BCUT2D eigenvalue weighted by Crippen LogP contribution is -2.66. The van der Waals surface area contributed by atoms with Gasteiger partial charge in [0.25, 0.3) is 5.91 Å². The largest absolute Gasteiger partial charge is 0.390 e. The molecule has 2 aromatic carbocycles. The van der Waals surface area contributed by atoms with Crippen molar-refractivity contribution in [1.82, 2.24) is 10.5 Å². The summed E-state index contributed by atoms with van der Waals surface area (Å²) in [4.78, 5) is 34.2. The Bertz CT molecular complexity index is 1250. The molecule has 1 aliphatic rings. The first-order chi connectivity index (χ1) is 20.4. The number of rotatable bonds is 8. The summed E-state index contributed by atoms with van der Waals surface area (Å²) in [6, 6.07) is 17.6. The van der Waals surface area contributed by atoms with E-state index >= 15 is 0 Å². The maximum Gasteiger partial charge on any atom is 0.251 e. The van der Waals surface area contributed by atoms with Gasteiger partial charge in [0.05, 0.1) is 29.6 Å². The van der Waals surface area contributed by atoms with Crippen LogP contribution in [0.5, 0.6) is 0 Å². The highest BCUT2D eigenvalue weighted by Crippen LogP contribution is 2.37. The van der Waals surface area contributed by atoms with Crippen molar-refractivity contribution < 1.29 is 40.8 Å². The standard InChI is InChI=1S/C13H19NO3.C13H17NO2.CH4/c1-10(13(2,3)16)12(15)14-17-9-11-7-5-4-6-8-11;1-10-12(15)14(13(10,2)3)16-9-11-7-5-4-6-8-11;/h4-8,10,16H,9H2,1-3H3,(H,14,15);4-8,10H,9H2,1-3H3;1H4/t2*10-;/m11./s1/i2*2D3,3D3;. The molecule has 1 saturated heterocycles. The summed E-state index contributed by atoms with van der Waals surface area (Å²) in [7, 11) is 0. The zero-order chi connectivity index (χ0) is 34.6. The molecule has 1 fully saturated rings. The quantitative estimate of drug-likeness (QED) is 0.421. The molecule has 34 heavy (non-hydrogen) atoms. The summed E-state index contributed by atoms with van der Waals surface area (Å²) < 4.78 is 89.4. The van der Waals surface area contributed by atoms with Crippen molar-refractivity contribution >= 4 is 11.8 Å². The van der Waals surface area contributed by atoms with Crippen LogP contribution in [0, 0.1) is 11.8 Å². The molecule has 7 nitrogen and oxygen atoms in total. The number of benzene rings is 2. The minimum atomic E-state index is -3.27. The molecule has 0 aliphatic carbocycles. The SMILES string of the molecule is C.[2H]C([2H])([2H])C(O)([C@H](C)C(=O)NOCc1ccccc1)C([2H])([2H])[2H].[2H]C([2H])([2H])C1(C([2H])([2H])[2H])[C@H](C)C(=O)N1OCc1ccccc1. The number of carbonyl (C=O) groups is 2. The molecule has 3 rings (SSSR count). The molecule has 2 amide bonds.